The second kappa shape index (κ2) is 34.7. The lowest BCUT2D eigenvalue weighted by Crippen LogP contribution is -2.12. The molecule has 6 nitrogen and oxygen atoms in total. The van der Waals surface area contributed by atoms with E-state index in [-0.39, 0.29) is 11.9 Å². The van der Waals surface area contributed by atoms with E-state index in [1.54, 1.807) is 6.92 Å². The minimum absolute atomic E-state index is 0.310. The number of carboxylic acids is 1. The third kappa shape index (κ3) is 37.8. The summed E-state index contributed by atoms with van der Waals surface area (Å²) in [7, 11) is 1.33. The Hall–Kier alpha value is -2.37. The van der Waals surface area contributed by atoms with Crippen LogP contribution in [0.25, 0.3) is 0 Å². The van der Waals surface area contributed by atoms with Crippen LogP contribution in [0.5, 0.6) is 0 Å². The molecule has 0 saturated heterocycles. The Bertz CT molecular complexity index is 653. The summed E-state index contributed by atoms with van der Waals surface area (Å²) in [6.07, 6.45) is 27.1. The van der Waals surface area contributed by atoms with Crippen LogP contribution in [0.15, 0.2) is 37.0 Å². The fourth-order valence-corrected chi connectivity index (χ4v) is 3.68. The molecule has 0 saturated carbocycles. The van der Waals surface area contributed by atoms with E-state index >= 15 is 0 Å². The first-order valence-electron chi connectivity index (χ1n) is 15.6. The van der Waals surface area contributed by atoms with Gasteiger partial charge in [-0.25, -0.2) is 9.59 Å². The molecule has 0 spiro atoms. The highest BCUT2D eigenvalue weighted by molar-refractivity contribution is 5.86. The Morgan fingerprint density at radius 3 is 1.70 bits per heavy atom. The van der Waals surface area contributed by atoms with Crippen molar-refractivity contribution in [1.82, 2.24) is 0 Å². The summed E-state index contributed by atoms with van der Waals surface area (Å²) < 4.78 is 9.26. The molecule has 0 heterocycles. The quantitative estimate of drug-likeness (QED) is 0.0573. The molecule has 0 bridgehead atoms. The highest BCUT2D eigenvalue weighted by Crippen LogP contribution is 2.13. The number of allylic oxidation sites excluding steroid dienone is 2. The van der Waals surface area contributed by atoms with Crippen LogP contribution >= 0.6 is 0 Å². The third-order valence-corrected chi connectivity index (χ3v) is 6.36. The van der Waals surface area contributed by atoms with E-state index < -0.39 is 5.97 Å². The summed E-state index contributed by atoms with van der Waals surface area (Å²) in [6, 6.07) is 0. The fourth-order valence-electron chi connectivity index (χ4n) is 3.68. The van der Waals surface area contributed by atoms with E-state index in [9.17, 15) is 14.4 Å². The number of carbonyl (C=O) groups is 3. The molecule has 0 aromatic carbocycles. The lowest BCUT2D eigenvalue weighted by molar-refractivity contribution is -0.139. The van der Waals surface area contributed by atoms with Crippen LogP contribution in [0.1, 0.15) is 143 Å². The number of hydrogen-bond acceptors (Lipinski definition) is 5. The van der Waals surface area contributed by atoms with Gasteiger partial charge in [-0.05, 0) is 51.4 Å². The molecule has 1 unspecified atom stereocenters. The molecule has 40 heavy (non-hydrogen) atoms. The van der Waals surface area contributed by atoms with Crippen LogP contribution in [-0.4, -0.2) is 36.7 Å². The van der Waals surface area contributed by atoms with Crippen molar-refractivity contribution in [3.05, 3.63) is 37.0 Å². The van der Waals surface area contributed by atoms with Crippen LogP contribution in [0.4, 0.5) is 0 Å². The minimum atomic E-state index is -0.664. The van der Waals surface area contributed by atoms with E-state index in [0.717, 1.165) is 25.7 Å². The van der Waals surface area contributed by atoms with Crippen molar-refractivity contribution >= 4 is 17.9 Å². The monoisotopic (exact) mass is 566 g/mol. The number of unbranched alkanes of at least 4 members (excludes halogenated alkanes) is 12. The zero-order chi connectivity index (χ0) is 30.9. The van der Waals surface area contributed by atoms with Gasteiger partial charge in [0.15, 0.2) is 0 Å². The van der Waals surface area contributed by atoms with Crippen LogP contribution in [0.2, 0.25) is 0 Å². The molecule has 1 atom stereocenters. The number of aliphatic carboxylic acids is 1. The number of methoxy groups -OCH3 is 1. The van der Waals surface area contributed by atoms with Gasteiger partial charge >= 0.3 is 17.9 Å². The summed E-state index contributed by atoms with van der Waals surface area (Å²) in [5, 5.41) is 8.51. The molecule has 0 aromatic rings. The Morgan fingerprint density at radius 1 is 0.800 bits per heavy atom. The zero-order valence-corrected chi connectivity index (χ0v) is 26.6. The highest BCUT2D eigenvalue weighted by Gasteiger charge is 2.07. The smallest absolute Gasteiger partial charge is 0.332 e. The van der Waals surface area contributed by atoms with Crippen molar-refractivity contribution in [1.29, 1.82) is 0 Å². The summed E-state index contributed by atoms with van der Waals surface area (Å²) >= 11 is 0. The molecule has 0 aromatic heterocycles. The lowest BCUT2D eigenvalue weighted by atomic mass is 10.0. The maximum Gasteiger partial charge on any atom is 0.332 e. The summed E-state index contributed by atoms with van der Waals surface area (Å²) in [5.41, 5.74) is 0.433. The van der Waals surface area contributed by atoms with Crippen LogP contribution in [-0.2, 0) is 23.9 Å². The van der Waals surface area contributed by atoms with Crippen LogP contribution in [0, 0.1) is 5.92 Å². The predicted octanol–water partition coefficient (Wildman–Crippen LogP) is 9.78. The average Bonchev–Trinajstić information content (AvgIpc) is 2.95. The molecule has 0 rings (SSSR count). The summed E-state index contributed by atoms with van der Waals surface area (Å²) in [5.74, 6) is -0.804. The van der Waals surface area contributed by atoms with E-state index in [4.69, 9.17) is 9.84 Å². The second-order valence-electron chi connectivity index (χ2n) is 10.3. The minimum Gasteiger partial charge on any atom is -0.481 e. The number of ether oxygens (including phenoxy) is 2. The van der Waals surface area contributed by atoms with Crippen molar-refractivity contribution in [3.8, 4) is 0 Å². The van der Waals surface area contributed by atoms with Gasteiger partial charge in [-0.15, -0.1) is 0 Å². The molecule has 234 valence electrons. The first-order valence-corrected chi connectivity index (χ1v) is 15.6. The van der Waals surface area contributed by atoms with Gasteiger partial charge in [0.2, 0.25) is 0 Å². The van der Waals surface area contributed by atoms with Crippen molar-refractivity contribution in [2.24, 2.45) is 5.92 Å². The van der Waals surface area contributed by atoms with Crippen molar-refractivity contribution < 1.29 is 29.0 Å². The van der Waals surface area contributed by atoms with Gasteiger partial charge in [-0.3, -0.25) is 4.79 Å². The standard InChI is InChI=1S/C18H34O2.C11H20O2.C5H8O2/c1-2-3-4-5-6-7-8-9-10-11-12-13-14-15-16-17-18(19)20;1-4-7-8-10(5-2)9-13-11(12)6-3;1-4(2)5(6)7-3/h9-10H,2-8,11-17H2,1H3,(H,19,20);6,10H,3-5,7-9H2,1-2H3;1H2,2-3H3/b10-9-;;. The van der Waals surface area contributed by atoms with Crippen LogP contribution < -0.4 is 0 Å². The third-order valence-electron chi connectivity index (χ3n) is 6.36. The second-order valence-corrected chi connectivity index (χ2v) is 10.3. The number of carboxylic acid groups (broad SMARTS) is 1. The Labute approximate surface area is 246 Å². The molecule has 0 aliphatic heterocycles. The molecule has 0 amide bonds. The fraction of sp³-hybridized carbons (Fsp3) is 0.735. The van der Waals surface area contributed by atoms with E-state index in [1.165, 1.54) is 96.7 Å². The van der Waals surface area contributed by atoms with Gasteiger partial charge in [-0.2, -0.15) is 0 Å². The molecular weight excluding hydrogens is 504 g/mol. The average molecular weight is 567 g/mol. The zero-order valence-electron chi connectivity index (χ0n) is 26.6. The number of esters is 2. The SMILES string of the molecule is C=C(C)C(=O)OC.C=CC(=O)OCC(CC)CCCC.CCCCCCCC/C=C\CCCCCCCC(=O)O. The van der Waals surface area contributed by atoms with E-state index in [1.807, 2.05) is 0 Å². The molecule has 0 aliphatic carbocycles. The van der Waals surface area contributed by atoms with Gasteiger partial charge in [0, 0.05) is 18.1 Å². The molecule has 0 aliphatic rings. The number of rotatable bonds is 23. The highest BCUT2D eigenvalue weighted by atomic mass is 16.5. The van der Waals surface area contributed by atoms with Gasteiger partial charge in [0.25, 0.3) is 0 Å². The first-order chi connectivity index (χ1) is 19.2. The largest absolute Gasteiger partial charge is 0.481 e. The van der Waals surface area contributed by atoms with E-state index in [2.05, 4.69) is 50.8 Å². The van der Waals surface area contributed by atoms with Crippen molar-refractivity contribution in [2.75, 3.05) is 13.7 Å². The maximum absolute atomic E-state index is 10.8. The molecular formula is C34H62O6. The molecule has 1 N–H and O–H groups in total. The number of hydrogen-bond donors (Lipinski definition) is 1. The topological polar surface area (TPSA) is 89.9 Å². The normalized spacial score (nSPS) is 10.9. The first kappa shape index (κ1) is 42.1. The van der Waals surface area contributed by atoms with Gasteiger partial charge in [0.05, 0.1) is 13.7 Å². The van der Waals surface area contributed by atoms with Gasteiger partial charge < -0.3 is 14.6 Å². The van der Waals surface area contributed by atoms with Gasteiger partial charge in [0.1, 0.15) is 0 Å². The molecule has 0 radical (unpaired) electrons. The Morgan fingerprint density at radius 2 is 1.30 bits per heavy atom. The van der Waals surface area contributed by atoms with Crippen molar-refractivity contribution in [2.45, 2.75) is 143 Å². The predicted molar refractivity (Wildman–Crippen MR) is 168 cm³/mol. The van der Waals surface area contributed by atoms with E-state index in [0.29, 0.717) is 24.5 Å². The van der Waals surface area contributed by atoms with Crippen LogP contribution in [0.3, 0.4) is 0 Å². The Kier molecular flexibility index (Phi) is 36.5. The Balaban J connectivity index is -0.000000583. The lowest BCUT2D eigenvalue weighted by Gasteiger charge is -2.13. The molecule has 0 fully saturated rings. The maximum atomic E-state index is 10.8. The summed E-state index contributed by atoms with van der Waals surface area (Å²) in [4.78, 5) is 31.3. The number of carbonyl (C=O) groups excluding carboxylic acids is 2. The molecule has 6 heteroatoms. The van der Waals surface area contributed by atoms with Crippen molar-refractivity contribution in [3.63, 3.8) is 0 Å². The summed E-state index contributed by atoms with van der Waals surface area (Å²) in [6.45, 7) is 15.4. The van der Waals surface area contributed by atoms with Gasteiger partial charge in [-0.1, -0.05) is 117 Å².